The predicted octanol–water partition coefficient (Wildman–Crippen LogP) is 3.37. The van der Waals surface area contributed by atoms with Gasteiger partial charge >= 0.3 is 5.97 Å². The lowest BCUT2D eigenvalue weighted by atomic mass is 9.98. The van der Waals surface area contributed by atoms with Crippen LogP contribution >= 0.6 is 11.8 Å². The van der Waals surface area contributed by atoms with Crippen molar-refractivity contribution >= 4 is 28.8 Å². The van der Waals surface area contributed by atoms with E-state index in [0.29, 0.717) is 12.2 Å². The van der Waals surface area contributed by atoms with Crippen molar-refractivity contribution in [2.24, 2.45) is 5.92 Å². The van der Waals surface area contributed by atoms with E-state index in [4.69, 9.17) is 0 Å². The predicted molar refractivity (Wildman–Crippen MR) is 92.4 cm³/mol. The van der Waals surface area contributed by atoms with Crippen LogP contribution in [0.2, 0.25) is 0 Å². The van der Waals surface area contributed by atoms with Crippen molar-refractivity contribution < 1.29 is 19.5 Å². The maximum absolute atomic E-state index is 12.4. The van der Waals surface area contributed by atoms with Crippen LogP contribution in [0.15, 0.2) is 0 Å². The van der Waals surface area contributed by atoms with Crippen molar-refractivity contribution in [2.75, 3.05) is 5.75 Å². The van der Waals surface area contributed by atoms with Gasteiger partial charge in [-0.05, 0) is 12.8 Å². The minimum atomic E-state index is -0.969. The van der Waals surface area contributed by atoms with Crippen LogP contribution in [0.4, 0.5) is 0 Å². The van der Waals surface area contributed by atoms with Gasteiger partial charge in [0.1, 0.15) is 6.04 Å². The molecule has 1 aliphatic rings. The average Bonchev–Trinajstić information content (AvgIpc) is 2.49. The molecule has 1 amide bonds. The molecule has 0 bridgehead atoms. The van der Waals surface area contributed by atoms with Gasteiger partial charge in [-0.2, -0.15) is 0 Å². The van der Waals surface area contributed by atoms with Gasteiger partial charge in [0.25, 0.3) is 0 Å². The van der Waals surface area contributed by atoms with Crippen LogP contribution in [0.25, 0.3) is 0 Å². The minimum Gasteiger partial charge on any atom is -0.480 e. The van der Waals surface area contributed by atoms with Gasteiger partial charge in [-0.3, -0.25) is 9.59 Å². The molecule has 6 heteroatoms. The Balaban J connectivity index is 2.67. The Morgan fingerprint density at radius 1 is 1.04 bits per heavy atom. The molecule has 23 heavy (non-hydrogen) atoms. The molecule has 1 fully saturated rings. The number of amides is 1. The lowest BCUT2D eigenvalue weighted by Gasteiger charge is -2.20. The molecule has 1 saturated heterocycles. The van der Waals surface area contributed by atoms with Crippen molar-refractivity contribution in [2.45, 2.75) is 77.2 Å². The van der Waals surface area contributed by atoms with Crippen molar-refractivity contribution in [3.8, 4) is 0 Å². The number of carboxylic acid groups (broad SMARTS) is 1. The SMILES string of the molecule is CC(=O)SCC1CCCCCCCCCCC(C(=O)O)NC1=O. The molecule has 5 nitrogen and oxygen atoms in total. The van der Waals surface area contributed by atoms with E-state index in [-0.39, 0.29) is 16.9 Å². The number of hydrogen-bond acceptors (Lipinski definition) is 4. The van der Waals surface area contributed by atoms with E-state index in [2.05, 4.69) is 5.32 Å². The molecular weight excluding hydrogens is 314 g/mol. The van der Waals surface area contributed by atoms with Crippen molar-refractivity contribution in [1.29, 1.82) is 0 Å². The van der Waals surface area contributed by atoms with E-state index in [0.717, 1.165) is 50.3 Å². The molecule has 1 aliphatic heterocycles. The first-order valence-corrected chi connectivity index (χ1v) is 9.66. The molecule has 2 N–H and O–H groups in total. The van der Waals surface area contributed by atoms with E-state index in [9.17, 15) is 19.5 Å². The van der Waals surface area contributed by atoms with Gasteiger partial charge in [0.15, 0.2) is 5.12 Å². The second kappa shape index (κ2) is 11.5. The van der Waals surface area contributed by atoms with Gasteiger partial charge < -0.3 is 10.4 Å². The molecular formula is C17H29NO4S. The molecule has 0 aromatic heterocycles. The Bertz CT molecular complexity index is 400. The van der Waals surface area contributed by atoms with Crippen LogP contribution in [0.3, 0.4) is 0 Å². The number of rotatable bonds is 3. The summed E-state index contributed by atoms with van der Waals surface area (Å²) < 4.78 is 0. The third kappa shape index (κ3) is 8.98. The fraction of sp³-hybridized carbons (Fsp3) is 0.824. The van der Waals surface area contributed by atoms with Crippen molar-refractivity contribution in [3.05, 3.63) is 0 Å². The Morgan fingerprint density at radius 2 is 1.57 bits per heavy atom. The van der Waals surface area contributed by atoms with E-state index < -0.39 is 12.0 Å². The number of carbonyl (C=O) groups is 3. The average molecular weight is 343 g/mol. The maximum atomic E-state index is 12.4. The van der Waals surface area contributed by atoms with Crippen LogP contribution in [0.1, 0.15) is 71.1 Å². The number of aliphatic carboxylic acids is 1. The number of carboxylic acids is 1. The molecule has 2 unspecified atom stereocenters. The monoisotopic (exact) mass is 343 g/mol. The van der Waals surface area contributed by atoms with E-state index >= 15 is 0 Å². The van der Waals surface area contributed by atoms with Gasteiger partial charge in [0, 0.05) is 18.6 Å². The fourth-order valence-electron chi connectivity index (χ4n) is 2.85. The molecule has 0 spiro atoms. The van der Waals surface area contributed by atoms with Crippen LogP contribution in [-0.4, -0.2) is 33.9 Å². The highest BCUT2D eigenvalue weighted by atomic mass is 32.2. The molecule has 0 aromatic carbocycles. The Morgan fingerprint density at radius 3 is 2.09 bits per heavy atom. The van der Waals surface area contributed by atoms with Gasteiger partial charge in [-0.15, -0.1) is 0 Å². The summed E-state index contributed by atoms with van der Waals surface area (Å²) in [5.74, 6) is -1.03. The molecule has 0 saturated carbocycles. The number of carbonyl (C=O) groups excluding carboxylic acids is 2. The van der Waals surface area contributed by atoms with Gasteiger partial charge in [0.2, 0.25) is 5.91 Å². The maximum Gasteiger partial charge on any atom is 0.326 e. The third-order valence-corrected chi connectivity index (χ3v) is 5.24. The zero-order chi connectivity index (χ0) is 17.1. The first-order valence-electron chi connectivity index (χ1n) is 8.67. The molecule has 2 atom stereocenters. The second-order valence-electron chi connectivity index (χ2n) is 6.30. The van der Waals surface area contributed by atoms with E-state index in [1.54, 1.807) is 0 Å². The zero-order valence-corrected chi connectivity index (χ0v) is 14.8. The van der Waals surface area contributed by atoms with Gasteiger partial charge in [0.05, 0.1) is 0 Å². The summed E-state index contributed by atoms with van der Waals surface area (Å²) in [5, 5.41) is 12.0. The van der Waals surface area contributed by atoms with Crippen LogP contribution in [-0.2, 0) is 14.4 Å². The summed E-state index contributed by atoms with van der Waals surface area (Å²) in [5.41, 5.74) is 0. The Hall–Kier alpha value is -1.04. The summed E-state index contributed by atoms with van der Waals surface area (Å²) in [6, 6.07) is -0.810. The zero-order valence-electron chi connectivity index (χ0n) is 14.0. The van der Waals surface area contributed by atoms with Gasteiger partial charge in [-0.1, -0.05) is 63.1 Å². The first kappa shape index (κ1) is 20.0. The third-order valence-electron chi connectivity index (χ3n) is 4.27. The molecule has 0 radical (unpaired) electrons. The molecule has 1 heterocycles. The first-order chi connectivity index (χ1) is 11.0. The number of thioether (sulfide) groups is 1. The summed E-state index contributed by atoms with van der Waals surface area (Å²) in [4.78, 5) is 34.9. The summed E-state index contributed by atoms with van der Waals surface area (Å²) >= 11 is 1.15. The number of nitrogens with one attached hydrogen (secondary N) is 1. The molecule has 0 aromatic rings. The molecule has 1 rings (SSSR count). The van der Waals surface area contributed by atoms with Crippen molar-refractivity contribution in [1.82, 2.24) is 5.32 Å². The van der Waals surface area contributed by atoms with Crippen LogP contribution < -0.4 is 5.32 Å². The summed E-state index contributed by atoms with van der Waals surface area (Å²) in [6.45, 7) is 1.49. The van der Waals surface area contributed by atoms with Crippen LogP contribution in [0.5, 0.6) is 0 Å². The lowest BCUT2D eigenvalue weighted by Crippen LogP contribution is -2.44. The largest absolute Gasteiger partial charge is 0.480 e. The van der Waals surface area contributed by atoms with Crippen LogP contribution in [0, 0.1) is 5.92 Å². The van der Waals surface area contributed by atoms with E-state index in [1.807, 2.05) is 0 Å². The Labute approximate surface area is 143 Å². The topological polar surface area (TPSA) is 83.5 Å². The fourth-order valence-corrected chi connectivity index (χ4v) is 3.61. The summed E-state index contributed by atoms with van der Waals surface area (Å²) in [7, 11) is 0. The number of hydrogen-bond donors (Lipinski definition) is 2. The van der Waals surface area contributed by atoms with Gasteiger partial charge in [-0.25, -0.2) is 4.79 Å². The molecule has 0 aliphatic carbocycles. The lowest BCUT2D eigenvalue weighted by molar-refractivity contribution is -0.142. The van der Waals surface area contributed by atoms with Crippen molar-refractivity contribution in [3.63, 3.8) is 0 Å². The smallest absolute Gasteiger partial charge is 0.326 e. The quantitative estimate of drug-likeness (QED) is 0.821. The second-order valence-corrected chi connectivity index (χ2v) is 7.50. The van der Waals surface area contributed by atoms with E-state index in [1.165, 1.54) is 26.2 Å². The standard InChI is InChI=1S/C17H29NO4S/c1-13(19)23-12-14-10-8-6-4-2-3-5-7-9-11-15(17(21)22)18-16(14)20/h14-15H,2-12H2,1H3,(H,18,20)(H,21,22). The minimum absolute atomic E-state index is 0.00742. The highest BCUT2D eigenvalue weighted by Gasteiger charge is 2.25. The Kier molecular flexibility index (Phi) is 9.99. The highest BCUT2D eigenvalue weighted by molar-refractivity contribution is 8.13. The summed E-state index contributed by atoms with van der Waals surface area (Å²) in [6.07, 6.45) is 9.82. The highest BCUT2D eigenvalue weighted by Crippen LogP contribution is 2.19. The molecule has 132 valence electrons. The normalized spacial score (nSPS) is 25.2.